The average molecular weight is 368 g/mol. The van der Waals surface area contributed by atoms with Crippen LogP contribution in [0.2, 0.25) is 0 Å². The van der Waals surface area contributed by atoms with Crippen molar-refractivity contribution in [2.75, 3.05) is 6.61 Å². The van der Waals surface area contributed by atoms with Gasteiger partial charge in [0.05, 0.1) is 11.3 Å². The van der Waals surface area contributed by atoms with Crippen molar-refractivity contribution >= 4 is 29.0 Å². The summed E-state index contributed by atoms with van der Waals surface area (Å²) >= 11 is 1.41. The molecule has 1 rings (SSSR count). The zero-order chi connectivity index (χ0) is 19.3. The monoisotopic (exact) mass is 367 g/mol. The molecule has 0 aliphatic heterocycles. The van der Waals surface area contributed by atoms with Crippen LogP contribution < -0.4 is 5.32 Å². The van der Waals surface area contributed by atoms with Crippen LogP contribution in [0.5, 0.6) is 0 Å². The topological polar surface area (TPSA) is 72.5 Å². The van der Waals surface area contributed by atoms with Crippen molar-refractivity contribution in [1.82, 2.24) is 5.32 Å². The summed E-state index contributed by atoms with van der Waals surface area (Å²) in [5.41, 5.74) is -0.303. The molecule has 5 nitrogen and oxygen atoms in total. The second kappa shape index (κ2) is 8.61. The van der Waals surface area contributed by atoms with Crippen LogP contribution in [0, 0.1) is 12.3 Å². The molecule has 0 aliphatic carbocycles. The van der Waals surface area contributed by atoms with E-state index in [0.717, 1.165) is 11.3 Å². The molecule has 1 heterocycles. The van der Waals surface area contributed by atoms with E-state index in [1.54, 1.807) is 6.07 Å². The van der Waals surface area contributed by atoms with Crippen LogP contribution in [0.15, 0.2) is 12.1 Å². The summed E-state index contributed by atoms with van der Waals surface area (Å²) < 4.78 is 4.97. The van der Waals surface area contributed by atoms with Crippen LogP contribution in [-0.4, -0.2) is 29.8 Å². The number of hydrogen-bond donors (Lipinski definition) is 1. The third kappa shape index (κ3) is 8.82. The zero-order valence-corrected chi connectivity index (χ0v) is 16.8. The van der Waals surface area contributed by atoms with E-state index in [1.165, 1.54) is 11.3 Å². The first-order valence-corrected chi connectivity index (χ1v) is 9.26. The van der Waals surface area contributed by atoms with Gasteiger partial charge < -0.3 is 10.1 Å². The smallest absolute Gasteiger partial charge is 0.306 e. The summed E-state index contributed by atoms with van der Waals surface area (Å²) in [7, 11) is 0. The molecule has 1 aromatic rings. The Kier molecular flexibility index (Phi) is 7.35. The lowest BCUT2D eigenvalue weighted by molar-refractivity contribution is -0.149. The van der Waals surface area contributed by atoms with Crippen molar-refractivity contribution in [3.8, 4) is 0 Å². The molecule has 6 heteroatoms. The predicted molar refractivity (Wildman–Crippen MR) is 99.9 cm³/mol. The molecule has 0 aromatic carbocycles. The Labute approximate surface area is 154 Å². The number of thiophene rings is 1. The molecule has 0 fully saturated rings. The highest BCUT2D eigenvalue weighted by Gasteiger charge is 2.27. The number of carbonyl (C=O) groups is 3. The van der Waals surface area contributed by atoms with E-state index in [2.05, 4.69) is 26.1 Å². The highest BCUT2D eigenvalue weighted by molar-refractivity contribution is 7.14. The molecule has 0 unspecified atom stereocenters. The van der Waals surface area contributed by atoms with Gasteiger partial charge in [0.2, 0.25) is 0 Å². The van der Waals surface area contributed by atoms with E-state index in [4.69, 9.17) is 4.74 Å². The molecule has 0 atom stereocenters. The summed E-state index contributed by atoms with van der Waals surface area (Å²) in [6, 6.07) is 3.64. The highest BCUT2D eigenvalue weighted by atomic mass is 32.1. The maximum absolute atomic E-state index is 12.0. The molecule has 0 aliphatic rings. The third-order valence-electron chi connectivity index (χ3n) is 3.39. The van der Waals surface area contributed by atoms with Gasteiger partial charge in [0.15, 0.2) is 12.4 Å². The molecule has 0 radical (unpaired) electrons. The van der Waals surface area contributed by atoms with Crippen molar-refractivity contribution in [2.24, 2.45) is 5.41 Å². The zero-order valence-electron chi connectivity index (χ0n) is 16.0. The van der Waals surface area contributed by atoms with E-state index >= 15 is 0 Å². The number of esters is 1. The largest absolute Gasteiger partial charge is 0.456 e. The Bertz CT molecular complexity index is 626. The summed E-state index contributed by atoms with van der Waals surface area (Å²) in [4.78, 5) is 37.3. The number of amides is 1. The van der Waals surface area contributed by atoms with Crippen molar-refractivity contribution in [2.45, 2.75) is 66.3 Å². The van der Waals surface area contributed by atoms with Gasteiger partial charge in [0.1, 0.15) is 0 Å². The molecular weight excluding hydrogens is 338 g/mol. The minimum absolute atomic E-state index is 0.0194. The lowest BCUT2D eigenvalue weighted by Crippen LogP contribution is -2.47. The SMILES string of the molecule is Cc1ccc(C(=O)CCC(=O)OCC(=O)NC(C)(C)CC(C)(C)C)s1. The van der Waals surface area contributed by atoms with Crippen molar-refractivity contribution in [1.29, 1.82) is 0 Å². The summed E-state index contributed by atoms with van der Waals surface area (Å²) in [5.74, 6) is -0.945. The molecule has 0 saturated carbocycles. The molecule has 0 spiro atoms. The third-order valence-corrected chi connectivity index (χ3v) is 4.43. The van der Waals surface area contributed by atoms with Crippen LogP contribution in [0.4, 0.5) is 0 Å². The van der Waals surface area contributed by atoms with Crippen molar-refractivity contribution < 1.29 is 19.1 Å². The van der Waals surface area contributed by atoms with Gasteiger partial charge in [0, 0.05) is 16.8 Å². The van der Waals surface area contributed by atoms with E-state index in [0.29, 0.717) is 4.88 Å². The van der Waals surface area contributed by atoms with Gasteiger partial charge in [-0.2, -0.15) is 0 Å². The molecule has 1 amide bonds. The summed E-state index contributed by atoms with van der Waals surface area (Å²) in [5, 5.41) is 2.88. The van der Waals surface area contributed by atoms with Gasteiger partial charge in [-0.25, -0.2) is 0 Å². The van der Waals surface area contributed by atoms with Crippen LogP contribution in [0.25, 0.3) is 0 Å². The van der Waals surface area contributed by atoms with Crippen LogP contribution in [0.1, 0.15) is 68.4 Å². The Morgan fingerprint density at radius 1 is 1.08 bits per heavy atom. The van der Waals surface area contributed by atoms with E-state index in [9.17, 15) is 14.4 Å². The standard InChI is InChI=1S/C19H29NO4S/c1-13-7-9-15(25-13)14(21)8-10-17(23)24-11-16(22)20-19(5,6)12-18(2,3)4/h7,9H,8,10-12H2,1-6H3,(H,20,22). The minimum atomic E-state index is -0.537. The maximum atomic E-state index is 12.0. The first-order valence-electron chi connectivity index (χ1n) is 8.44. The van der Waals surface area contributed by atoms with Gasteiger partial charge in [-0.3, -0.25) is 14.4 Å². The van der Waals surface area contributed by atoms with Crippen LogP contribution in [-0.2, 0) is 14.3 Å². The Hall–Kier alpha value is -1.69. The van der Waals surface area contributed by atoms with Gasteiger partial charge in [-0.05, 0) is 44.7 Å². The van der Waals surface area contributed by atoms with E-state index in [1.807, 2.05) is 26.8 Å². The van der Waals surface area contributed by atoms with Crippen LogP contribution in [0.3, 0.4) is 0 Å². The molecule has 0 saturated heterocycles. The predicted octanol–water partition coefficient (Wildman–Crippen LogP) is 3.89. The fourth-order valence-corrected chi connectivity index (χ4v) is 3.76. The Morgan fingerprint density at radius 2 is 1.72 bits per heavy atom. The number of hydrogen-bond acceptors (Lipinski definition) is 5. The first-order chi connectivity index (χ1) is 11.4. The lowest BCUT2D eigenvalue weighted by Gasteiger charge is -2.33. The second-order valence-corrected chi connectivity index (χ2v) is 9.45. The minimum Gasteiger partial charge on any atom is -0.456 e. The second-order valence-electron chi connectivity index (χ2n) is 8.16. The average Bonchev–Trinajstić information content (AvgIpc) is 2.86. The molecule has 1 N–H and O–H groups in total. The quantitative estimate of drug-likeness (QED) is 0.559. The molecular formula is C19H29NO4S. The summed E-state index contributed by atoms with van der Waals surface area (Å²) in [6.45, 7) is 11.8. The van der Waals surface area contributed by atoms with Gasteiger partial charge in [-0.15, -0.1) is 11.3 Å². The number of ketones is 1. The number of nitrogens with one attached hydrogen (secondary N) is 1. The normalized spacial score (nSPS) is 11.9. The number of rotatable bonds is 8. The first kappa shape index (κ1) is 21.4. The number of ether oxygens (including phenoxy) is 1. The Balaban J connectivity index is 2.33. The molecule has 140 valence electrons. The fraction of sp³-hybridized carbons (Fsp3) is 0.632. The highest BCUT2D eigenvalue weighted by Crippen LogP contribution is 2.26. The van der Waals surface area contributed by atoms with E-state index in [-0.39, 0.29) is 42.1 Å². The van der Waals surface area contributed by atoms with Gasteiger partial charge >= 0.3 is 5.97 Å². The number of aryl methyl sites for hydroxylation is 1. The van der Waals surface area contributed by atoms with Gasteiger partial charge in [-0.1, -0.05) is 20.8 Å². The molecule has 1 aromatic heterocycles. The number of Topliss-reactive ketones (excluding diaryl/α,β-unsaturated/α-hetero) is 1. The van der Waals surface area contributed by atoms with E-state index < -0.39 is 5.97 Å². The Morgan fingerprint density at radius 3 is 2.24 bits per heavy atom. The number of carbonyl (C=O) groups excluding carboxylic acids is 3. The van der Waals surface area contributed by atoms with Crippen LogP contribution >= 0.6 is 11.3 Å². The molecule has 0 bridgehead atoms. The van der Waals surface area contributed by atoms with Crippen molar-refractivity contribution in [3.05, 3.63) is 21.9 Å². The van der Waals surface area contributed by atoms with Crippen molar-refractivity contribution in [3.63, 3.8) is 0 Å². The molecule has 25 heavy (non-hydrogen) atoms. The lowest BCUT2D eigenvalue weighted by atomic mass is 9.82. The van der Waals surface area contributed by atoms with Gasteiger partial charge in [0.25, 0.3) is 5.91 Å². The maximum Gasteiger partial charge on any atom is 0.306 e. The fourth-order valence-electron chi connectivity index (χ4n) is 2.92. The summed E-state index contributed by atoms with van der Waals surface area (Å²) in [6.07, 6.45) is 0.874.